The molecule has 2 atom stereocenters. The first-order valence-electron chi connectivity index (χ1n) is 8.95. The van der Waals surface area contributed by atoms with Crippen molar-refractivity contribution in [2.45, 2.75) is 18.0 Å². The van der Waals surface area contributed by atoms with E-state index < -0.39 is 48.2 Å². The molecular weight excluding hydrogens is 425 g/mol. The van der Waals surface area contributed by atoms with Crippen molar-refractivity contribution in [2.75, 3.05) is 11.9 Å². The number of primary amides is 1. The van der Waals surface area contributed by atoms with Crippen LogP contribution in [0.5, 0.6) is 0 Å². The lowest BCUT2D eigenvalue weighted by atomic mass is 9.81. The molecule has 11 heteroatoms. The van der Waals surface area contributed by atoms with Gasteiger partial charge in [0.25, 0.3) is 0 Å². The summed E-state index contributed by atoms with van der Waals surface area (Å²) in [7, 11) is 0. The van der Waals surface area contributed by atoms with Gasteiger partial charge in [-0.25, -0.2) is 0 Å². The molecule has 0 aliphatic carbocycles. The highest BCUT2D eigenvalue weighted by Gasteiger charge is 2.57. The Bertz CT molecular complexity index is 1040. The predicted octanol–water partition coefficient (Wildman–Crippen LogP) is 2.80. The average molecular weight is 441 g/mol. The number of nitrogens with two attached hydrogens (primary N) is 1. The number of halogens is 5. The fourth-order valence-corrected chi connectivity index (χ4v) is 3.38. The smallest absolute Gasteiger partial charge is 0.369 e. The number of fused-ring (bicyclic) bond motifs is 3. The van der Waals surface area contributed by atoms with Crippen LogP contribution in [0, 0.1) is 5.92 Å². The maximum atomic E-state index is 13.2. The number of nitrogens with one attached hydrogen (secondary N) is 2. The average Bonchev–Trinajstić information content (AvgIpc) is 2.80. The van der Waals surface area contributed by atoms with Crippen molar-refractivity contribution in [3.63, 3.8) is 0 Å². The lowest BCUT2D eigenvalue weighted by Crippen LogP contribution is -2.51. The Labute approximate surface area is 172 Å². The van der Waals surface area contributed by atoms with Gasteiger partial charge in [0.15, 0.2) is 0 Å². The van der Waals surface area contributed by atoms with Crippen molar-refractivity contribution in [2.24, 2.45) is 11.7 Å². The molecule has 31 heavy (non-hydrogen) atoms. The molecule has 1 aliphatic rings. The zero-order valence-electron chi connectivity index (χ0n) is 15.7. The van der Waals surface area contributed by atoms with Crippen LogP contribution in [-0.2, 0) is 14.4 Å². The van der Waals surface area contributed by atoms with Crippen LogP contribution in [0.2, 0.25) is 0 Å². The second-order valence-corrected chi connectivity index (χ2v) is 6.90. The maximum Gasteiger partial charge on any atom is 0.455 e. The third-order valence-corrected chi connectivity index (χ3v) is 4.88. The van der Waals surface area contributed by atoms with Crippen molar-refractivity contribution >= 4 is 23.4 Å². The fraction of sp³-hybridized carbons (Fsp3) is 0.250. The Morgan fingerprint density at radius 1 is 1.00 bits per heavy atom. The molecule has 1 aliphatic heterocycles. The summed E-state index contributed by atoms with van der Waals surface area (Å²) in [5, 5.41) is 3.96. The number of amides is 3. The normalized spacial score (nSPS) is 16.9. The largest absolute Gasteiger partial charge is 0.455 e. The number of carbonyl (C=O) groups is 3. The summed E-state index contributed by atoms with van der Waals surface area (Å²) in [6.07, 6.45) is -5.91. The second-order valence-electron chi connectivity index (χ2n) is 6.90. The van der Waals surface area contributed by atoms with Crippen LogP contribution < -0.4 is 16.4 Å². The molecule has 164 valence electrons. The molecule has 4 N–H and O–H groups in total. The van der Waals surface area contributed by atoms with E-state index in [1.807, 2.05) is 0 Å². The molecule has 0 saturated heterocycles. The van der Waals surface area contributed by atoms with Gasteiger partial charge in [0.1, 0.15) is 5.92 Å². The van der Waals surface area contributed by atoms with E-state index in [9.17, 15) is 36.3 Å². The molecule has 0 fully saturated rings. The van der Waals surface area contributed by atoms with E-state index in [2.05, 4.69) is 5.32 Å². The first kappa shape index (κ1) is 22.2. The molecule has 2 aromatic rings. The van der Waals surface area contributed by atoms with Gasteiger partial charge >= 0.3 is 12.1 Å². The van der Waals surface area contributed by atoms with Crippen molar-refractivity contribution in [3.05, 3.63) is 54.1 Å². The summed E-state index contributed by atoms with van der Waals surface area (Å²) >= 11 is 0. The third-order valence-electron chi connectivity index (χ3n) is 4.88. The van der Waals surface area contributed by atoms with Crippen LogP contribution in [0.25, 0.3) is 11.1 Å². The molecule has 0 radical (unpaired) electrons. The maximum absolute atomic E-state index is 13.2. The molecular formula is C20H16F5N3O3. The van der Waals surface area contributed by atoms with Crippen molar-refractivity contribution in [1.29, 1.82) is 0 Å². The van der Waals surface area contributed by atoms with E-state index >= 15 is 0 Å². The number of alkyl halides is 5. The zero-order valence-corrected chi connectivity index (χ0v) is 15.7. The fourth-order valence-electron chi connectivity index (χ4n) is 3.38. The molecule has 2 unspecified atom stereocenters. The molecule has 3 amide bonds. The van der Waals surface area contributed by atoms with Crippen molar-refractivity contribution in [1.82, 2.24) is 5.32 Å². The summed E-state index contributed by atoms with van der Waals surface area (Å²) < 4.78 is 63.7. The molecule has 0 aromatic heterocycles. The van der Waals surface area contributed by atoms with Crippen LogP contribution in [-0.4, -0.2) is 36.4 Å². The van der Waals surface area contributed by atoms with Gasteiger partial charge in [-0.1, -0.05) is 42.5 Å². The lowest BCUT2D eigenvalue weighted by molar-refractivity contribution is -0.278. The minimum Gasteiger partial charge on any atom is -0.369 e. The van der Waals surface area contributed by atoms with Crippen LogP contribution >= 0.6 is 0 Å². The number of hydrogen-bond acceptors (Lipinski definition) is 3. The minimum absolute atomic E-state index is 0.200. The van der Waals surface area contributed by atoms with Crippen LogP contribution in [0.4, 0.5) is 27.6 Å². The number of para-hydroxylation sites is 1. The molecule has 0 saturated carbocycles. The SMILES string of the molecule is NC(=O)C(C(=O)NCC(F)(F)C(F)(F)F)C1C(=O)Nc2ccccc2-c2ccccc21. The third kappa shape index (κ3) is 4.21. The van der Waals surface area contributed by atoms with Gasteiger partial charge in [0.05, 0.1) is 12.5 Å². The molecule has 0 spiro atoms. The van der Waals surface area contributed by atoms with Gasteiger partial charge in [-0.05, 0) is 17.2 Å². The van der Waals surface area contributed by atoms with Gasteiger partial charge in [0, 0.05) is 11.3 Å². The quantitative estimate of drug-likeness (QED) is 0.491. The van der Waals surface area contributed by atoms with Crippen LogP contribution in [0.15, 0.2) is 48.5 Å². The Hall–Kier alpha value is -3.50. The highest BCUT2D eigenvalue weighted by molar-refractivity contribution is 6.11. The highest BCUT2D eigenvalue weighted by Crippen LogP contribution is 2.41. The summed E-state index contributed by atoms with van der Waals surface area (Å²) in [6.45, 7) is -2.10. The number of rotatable bonds is 5. The number of hydrogen-bond donors (Lipinski definition) is 3. The first-order valence-corrected chi connectivity index (χ1v) is 8.95. The number of benzene rings is 2. The lowest BCUT2D eigenvalue weighted by Gasteiger charge is -2.25. The summed E-state index contributed by atoms with van der Waals surface area (Å²) in [4.78, 5) is 37.5. The standard InChI is InChI=1S/C20H16F5N3O3/c21-19(22,20(23,24)25)9-27-17(30)15(16(26)29)14-12-7-2-1-5-10(12)11-6-3-4-8-13(11)28-18(14)31/h1-8,14-15H,9H2,(H2,26,29)(H,27,30)(H,28,31). The van der Waals surface area contributed by atoms with Gasteiger partial charge in [-0.15, -0.1) is 0 Å². The van der Waals surface area contributed by atoms with Crippen molar-refractivity contribution < 1.29 is 36.3 Å². The Morgan fingerprint density at radius 3 is 2.19 bits per heavy atom. The van der Waals surface area contributed by atoms with E-state index in [0.29, 0.717) is 16.8 Å². The summed E-state index contributed by atoms with van der Waals surface area (Å²) in [5.41, 5.74) is 6.89. The van der Waals surface area contributed by atoms with Crippen molar-refractivity contribution in [3.8, 4) is 11.1 Å². The van der Waals surface area contributed by atoms with E-state index in [4.69, 9.17) is 5.73 Å². The van der Waals surface area contributed by atoms with E-state index in [1.165, 1.54) is 17.4 Å². The second kappa shape index (κ2) is 7.97. The monoisotopic (exact) mass is 441 g/mol. The van der Waals surface area contributed by atoms with Gasteiger partial charge < -0.3 is 16.4 Å². The predicted molar refractivity (Wildman–Crippen MR) is 99.9 cm³/mol. The Morgan fingerprint density at radius 2 is 1.58 bits per heavy atom. The van der Waals surface area contributed by atoms with E-state index in [1.54, 1.807) is 36.4 Å². The molecule has 1 heterocycles. The Kier molecular flexibility index (Phi) is 5.70. The van der Waals surface area contributed by atoms with Gasteiger partial charge in [0.2, 0.25) is 17.7 Å². The van der Waals surface area contributed by atoms with Crippen LogP contribution in [0.3, 0.4) is 0 Å². The van der Waals surface area contributed by atoms with E-state index in [0.717, 1.165) is 0 Å². The molecule has 3 rings (SSSR count). The summed E-state index contributed by atoms with van der Waals surface area (Å²) in [5.74, 6) is -12.5. The highest BCUT2D eigenvalue weighted by atomic mass is 19.4. The molecule has 0 bridgehead atoms. The van der Waals surface area contributed by atoms with E-state index in [-0.39, 0.29) is 5.56 Å². The first-order chi connectivity index (χ1) is 14.4. The minimum atomic E-state index is -5.91. The van der Waals surface area contributed by atoms with Crippen LogP contribution in [0.1, 0.15) is 11.5 Å². The summed E-state index contributed by atoms with van der Waals surface area (Å²) in [6, 6.07) is 12.8. The number of carbonyl (C=O) groups excluding carboxylic acids is 3. The molecule has 6 nitrogen and oxygen atoms in total. The topological polar surface area (TPSA) is 101 Å². The zero-order chi connectivity index (χ0) is 23.0. The van der Waals surface area contributed by atoms with Gasteiger partial charge in [-0.2, -0.15) is 22.0 Å². The Balaban J connectivity index is 2.01. The molecule has 2 aromatic carbocycles. The van der Waals surface area contributed by atoms with Gasteiger partial charge in [-0.3, -0.25) is 14.4 Å². The number of anilines is 1.